The summed E-state index contributed by atoms with van der Waals surface area (Å²) < 4.78 is 1.72. The van der Waals surface area contributed by atoms with E-state index in [1.807, 2.05) is 72.8 Å². The van der Waals surface area contributed by atoms with E-state index >= 15 is 0 Å². The standard InChI is InChI=1S/C25H25N5OS/c1-2-19(20-11-5-3-6-12-20)17-26-25(31)22-15-9-10-16-23(22)32-18-24-27-28-29-30(24)21-13-7-4-8-14-21/h3-16,19H,2,17-18H2,1H3,(H,26,31). The highest BCUT2D eigenvalue weighted by molar-refractivity contribution is 7.98. The highest BCUT2D eigenvalue weighted by Crippen LogP contribution is 2.26. The van der Waals surface area contributed by atoms with Crippen molar-refractivity contribution in [2.24, 2.45) is 0 Å². The van der Waals surface area contributed by atoms with Crippen molar-refractivity contribution in [3.63, 3.8) is 0 Å². The van der Waals surface area contributed by atoms with Crippen molar-refractivity contribution in [2.75, 3.05) is 6.54 Å². The molecule has 0 saturated heterocycles. The lowest BCUT2D eigenvalue weighted by Gasteiger charge is -2.17. The van der Waals surface area contributed by atoms with Gasteiger partial charge >= 0.3 is 0 Å². The van der Waals surface area contributed by atoms with Crippen LogP contribution in [0, 0.1) is 0 Å². The van der Waals surface area contributed by atoms with Gasteiger partial charge in [0.1, 0.15) is 0 Å². The quantitative estimate of drug-likeness (QED) is 0.373. The number of carbonyl (C=O) groups excluding carboxylic acids is 1. The second-order valence-electron chi connectivity index (χ2n) is 7.35. The van der Waals surface area contributed by atoms with Crippen LogP contribution in [0.15, 0.2) is 89.8 Å². The zero-order valence-corrected chi connectivity index (χ0v) is 18.7. The molecule has 0 saturated carbocycles. The van der Waals surface area contributed by atoms with Gasteiger partial charge in [-0.15, -0.1) is 16.9 Å². The maximum Gasteiger partial charge on any atom is 0.252 e. The smallest absolute Gasteiger partial charge is 0.252 e. The van der Waals surface area contributed by atoms with E-state index in [9.17, 15) is 4.79 Å². The van der Waals surface area contributed by atoms with Crippen LogP contribution in [0.5, 0.6) is 0 Å². The lowest BCUT2D eigenvalue weighted by molar-refractivity contribution is 0.0948. The van der Waals surface area contributed by atoms with Crippen LogP contribution in [-0.4, -0.2) is 32.7 Å². The number of hydrogen-bond acceptors (Lipinski definition) is 5. The van der Waals surface area contributed by atoms with Crippen molar-refractivity contribution in [1.82, 2.24) is 25.5 Å². The molecule has 4 aromatic rings. The summed E-state index contributed by atoms with van der Waals surface area (Å²) in [5, 5.41) is 15.2. The van der Waals surface area contributed by atoms with Crippen LogP contribution in [-0.2, 0) is 5.75 Å². The molecule has 0 aliphatic rings. The number of thioether (sulfide) groups is 1. The van der Waals surface area contributed by atoms with Gasteiger partial charge < -0.3 is 5.32 Å². The van der Waals surface area contributed by atoms with Gasteiger partial charge in [0.15, 0.2) is 5.82 Å². The summed E-state index contributed by atoms with van der Waals surface area (Å²) in [6.07, 6.45) is 0.961. The van der Waals surface area contributed by atoms with E-state index in [1.165, 1.54) is 5.56 Å². The Kier molecular flexibility index (Phi) is 7.30. The molecule has 1 aromatic heterocycles. The van der Waals surface area contributed by atoms with Crippen LogP contribution in [0.1, 0.15) is 41.0 Å². The molecule has 1 unspecified atom stereocenters. The summed E-state index contributed by atoms with van der Waals surface area (Å²) >= 11 is 1.55. The van der Waals surface area contributed by atoms with Crippen molar-refractivity contribution in [2.45, 2.75) is 29.9 Å². The van der Waals surface area contributed by atoms with E-state index in [1.54, 1.807) is 16.4 Å². The number of aromatic nitrogens is 4. The molecule has 0 spiro atoms. The Bertz CT molecular complexity index is 1150. The number of nitrogens with zero attached hydrogens (tertiary/aromatic N) is 4. The molecule has 162 valence electrons. The minimum absolute atomic E-state index is 0.0647. The van der Waals surface area contributed by atoms with Gasteiger partial charge in [0.2, 0.25) is 0 Å². The number of carbonyl (C=O) groups is 1. The third kappa shape index (κ3) is 5.23. The number of tetrazole rings is 1. The number of nitrogens with one attached hydrogen (secondary N) is 1. The largest absolute Gasteiger partial charge is 0.351 e. The molecule has 1 heterocycles. The van der Waals surface area contributed by atoms with Gasteiger partial charge in [-0.2, -0.15) is 4.68 Å². The lowest BCUT2D eigenvalue weighted by Crippen LogP contribution is -2.28. The first kappa shape index (κ1) is 21.8. The molecule has 4 rings (SSSR count). The maximum absolute atomic E-state index is 13.0. The van der Waals surface area contributed by atoms with E-state index < -0.39 is 0 Å². The van der Waals surface area contributed by atoms with E-state index in [0.29, 0.717) is 17.9 Å². The average Bonchev–Trinajstić information content (AvgIpc) is 3.33. The van der Waals surface area contributed by atoms with E-state index in [0.717, 1.165) is 22.8 Å². The molecule has 1 N–H and O–H groups in total. The van der Waals surface area contributed by atoms with Crippen molar-refractivity contribution in [1.29, 1.82) is 0 Å². The van der Waals surface area contributed by atoms with Gasteiger partial charge in [-0.1, -0.05) is 67.6 Å². The van der Waals surface area contributed by atoms with Crippen LogP contribution in [0.2, 0.25) is 0 Å². The molecule has 0 aliphatic heterocycles. The van der Waals surface area contributed by atoms with Crippen molar-refractivity contribution >= 4 is 17.7 Å². The Labute approximate surface area is 192 Å². The van der Waals surface area contributed by atoms with Gasteiger partial charge in [-0.25, -0.2) is 0 Å². The molecule has 32 heavy (non-hydrogen) atoms. The zero-order valence-electron chi connectivity index (χ0n) is 17.9. The maximum atomic E-state index is 13.0. The summed E-state index contributed by atoms with van der Waals surface area (Å²) in [6.45, 7) is 2.75. The summed E-state index contributed by atoms with van der Waals surface area (Å²) in [6, 6.07) is 27.7. The monoisotopic (exact) mass is 443 g/mol. The first-order valence-corrected chi connectivity index (χ1v) is 11.6. The van der Waals surface area contributed by atoms with Crippen LogP contribution in [0.4, 0.5) is 0 Å². The van der Waals surface area contributed by atoms with Gasteiger partial charge in [0.25, 0.3) is 5.91 Å². The van der Waals surface area contributed by atoms with Gasteiger partial charge in [-0.3, -0.25) is 4.79 Å². The summed E-state index contributed by atoms with van der Waals surface area (Å²) in [5.41, 5.74) is 2.82. The second kappa shape index (κ2) is 10.7. The molecule has 0 aliphatic carbocycles. The predicted octanol–water partition coefficient (Wildman–Crippen LogP) is 4.88. The highest BCUT2D eigenvalue weighted by atomic mass is 32.2. The zero-order chi connectivity index (χ0) is 22.2. The fraction of sp³-hybridized carbons (Fsp3) is 0.200. The number of hydrogen-bond donors (Lipinski definition) is 1. The first-order valence-electron chi connectivity index (χ1n) is 10.6. The van der Waals surface area contributed by atoms with Crippen LogP contribution >= 0.6 is 11.8 Å². The fourth-order valence-electron chi connectivity index (χ4n) is 3.52. The number of benzene rings is 3. The Morgan fingerprint density at radius 3 is 2.41 bits per heavy atom. The molecule has 1 amide bonds. The summed E-state index contributed by atoms with van der Waals surface area (Å²) in [5.74, 6) is 1.50. The second-order valence-corrected chi connectivity index (χ2v) is 8.37. The Balaban J connectivity index is 1.43. The Morgan fingerprint density at radius 2 is 1.66 bits per heavy atom. The van der Waals surface area contributed by atoms with E-state index in [-0.39, 0.29) is 11.8 Å². The van der Waals surface area contributed by atoms with Crippen molar-refractivity contribution in [3.05, 3.63) is 102 Å². The van der Waals surface area contributed by atoms with Crippen LogP contribution < -0.4 is 5.32 Å². The Hall–Kier alpha value is -3.45. The number of rotatable bonds is 9. The van der Waals surface area contributed by atoms with Crippen molar-refractivity contribution < 1.29 is 4.79 Å². The molecule has 0 radical (unpaired) electrons. The minimum Gasteiger partial charge on any atom is -0.351 e. The predicted molar refractivity (Wildman–Crippen MR) is 127 cm³/mol. The first-order chi connectivity index (χ1) is 15.8. The van der Waals surface area contributed by atoms with Crippen molar-refractivity contribution in [3.8, 4) is 5.69 Å². The normalized spacial score (nSPS) is 11.8. The van der Waals surface area contributed by atoms with Gasteiger partial charge in [-0.05, 0) is 46.7 Å². The molecular weight excluding hydrogens is 418 g/mol. The van der Waals surface area contributed by atoms with Crippen LogP contribution in [0.25, 0.3) is 5.69 Å². The van der Waals surface area contributed by atoms with E-state index in [4.69, 9.17) is 0 Å². The Morgan fingerprint density at radius 1 is 0.969 bits per heavy atom. The lowest BCUT2D eigenvalue weighted by atomic mass is 9.96. The van der Waals surface area contributed by atoms with Gasteiger partial charge in [0.05, 0.1) is 17.0 Å². The fourth-order valence-corrected chi connectivity index (χ4v) is 4.48. The average molecular weight is 444 g/mol. The summed E-state index contributed by atoms with van der Waals surface area (Å²) in [7, 11) is 0. The molecule has 7 heteroatoms. The molecule has 1 atom stereocenters. The third-order valence-corrected chi connectivity index (χ3v) is 6.37. The minimum atomic E-state index is -0.0647. The SMILES string of the molecule is CCC(CNC(=O)c1ccccc1SCc1nnnn1-c1ccccc1)c1ccccc1. The molecule has 6 nitrogen and oxygen atoms in total. The number of para-hydroxylation sites is 1. The van der Waals surface area contributed by atoms with Gasteiger partial charge in [0, 0.05) is 17.4 Å². The molecule has 3 aromatic carbocycles. The molecule has 0 fully saturated rings. The van der Waals surface area contributed by atoms with Crippen LogP contribution in [0.3, 0.4) is 0 Å². The van der Waals surface area contributed by atoms with E-state index in [2.05, 4.69) is 39.9 Å². The third-order valence-electron chi connectivity index (χ3n) is 5.30. The number of amides is 1. The highest BCUT2D eigenvalue weighted by Gasteiger charge is 2.16. The summed E-state index contributed by atoms with van der Waals surface area (Å²) in [4.78, 5) is 13.9. The molecular formula is C25H25N5OS. The molecule has 0 bridgehead atoms. The topological polar surface area (TPSA) is 72.7 Å².